The van der Waals surface area contributed by atoms with Gasteiger partial charge in [-0.25, -0.2) is 0 Å². The second-order valence-corrected chi connectivity index (χ2v) is 10.7. The number of aliphatic hydroxyl groups is 1. The van der Waals surface area contributed by atoms with Crippen molar-refractivity contribution in [2.24, 2.45) is 34.5 Å². The van der Waals surface area contributed by atoms with Crippen LogP contribution in [0.25, 0.3) is 0 Å². The van der Waals surface area contributed by atoms with E-state index in [1.807, 2.05) is 6.92 Å². The van der Waals surface area contributed by atoms with Crippen LogP contribution in [-0.2, 0) is 14.3 Å². The Balaban J connectivity index is 1.48. The summed E-state index contributed by atoms with van der Waals surface area (Å²) in [6, 6.07) is 0. The molecule has 150 valence electrons. The highest BCUT2D eigenvalue weighted by Crippen LogP contribution is 2.67. The van der Waals surface area contributed by atoms with E-state index in [9.17, 15) is 9.90 Å². The molecule has 0 bridgehead atoms. The second-order valence-electron chi connectivity index (χ2n) is 10.7. The summed E-state index contributed by atoms with van der Waals surface area (Å²) in [5.41, 5.74) is 0.438. The van der Waals surface area contributed by atoms with Crippen molar-refractivity contribution in [3.05, 3.63) is 11.6 Å². The van der Waals surface area contributed by atoms with E-state index in [4.69, 9.17) is 9.47 Å². The zero-order valence-electron chi connectivity index (χ0n) is 17.0. The number of rotatable bonds is 1. The maximum Gasteiger partial charge on any atom is 0.160 e. The molecule has 0 aromatic rings. The van der Waals surface area contributed by atoms with E-state index in [1.165, 1.54) is 5.57 Å². The van der Waals surface area contributed by atoms with Gasteiger partial charge in [0, 0.05) is 17.8 Å². The van der Waals surface area contributed by atoms with Gasteiger partial charge in [-0.05, 0) is 68.6 Å². The molecule has 27 heavy (non-hydrogen) atoms. The van der Waals surface area contributed by atoms with E-state index < -0.39 is 5.60 Å². The summed E-state index contributed by atoms with van der Waals surface area (Å²) in [7, 11) is 0. The van der Waals surface area contributed by atoms with Crippen molar-refractivity contribution in [3.63, 3.8) is 0 Å². The Labute approximate surface area is 162 Å². The van der Waals surface area contributed by atoms with Crippen LogP contribution >= 0.6 is 0 Å². The molecule has 0 spiro atoms. The van der Waals surface area contributed by atoms with Crippen LogP contribution in [0.2, 0.25) is 0 Å². The van der Waals surface area contributed by atoms with E-state index in [0.29, 0.717) is 49.6 Å². The van der Waals surface area contributed by atoms with Gasteiger partial charge in [0.1, 0.15) is 5.78 Å². The number of fused-ring (bicyclic) bond motifs is 5. The number of hydrogen-bond acceptors (Lipinski definition) is 4. The number of ether oxygens (including phenoxy) is 2. The Kier molecular flexibility index (Phi) is 4.00. The van der Waals surface area contributed by atoms with Crippen LogP contribution in [0.4, 0.5) is 0 Å². The highest BCUT2D eigenvalue weighted by Gasteiger charge is 2.65. The van der Waals surface area contributed by atoms with Gasteiger partial charge in [-0.3, -0.25) is 4.79 Å². The van der Waals surface area contributed by atoms with Gasteiger partial charge in [0.25, 0.3) is 0 Å². The van der Waals surface area contributed by atoms with E-state index in [1.54, 1.807) is 0 Å². The predicted molar refractivity (Wildman–Crippen MR) is 102 cm³/mol. The average Bonchev–Trinajstić information content (AvgIpc) is 3.22. The SMILES string of the molecule is CC1(O)CC2(C)C(=O)CCC2C2CC=C3CC(C4OCCO4)CCC3(C)C21. The normalized spacial score (nSPS) is 52.9. The Bertz CT molecular complexity index is 676. The Morgan fingerprint density at radius 3 is 2.59 bits per heavy atom. The first-order valence-electron chi connectivity index (χ1n) is 10.9. The minimum atomic E-state index is -0.780. The molecule has 1 heterocycles. The van der Waals surface area contributed by atoms with Crippen LogP contribution in [0.5, 0.6) is 0 Å². The maximum absolute atomic E-state index is 12.7. The van der Waals surface area contributed by atoms with Crippen LogP contribution in [0.1, 0.15) is 65.7 Å². The first-order chi connectivity index (χ1) is 12.8. The summed E-state index contributed by atoms with van der Waals surface area (Å²) in [6.45, 7) is 7.96. The molecule has 1 saturated heterocycles. The molecule has 4 nitrogen and oxygen atoms in total. The zero-order chi connectivity index (χ0) is 19.0. The number of Topliss-reactive ketones (excluding diaryl/α,β-unsaturated/α-hetero) is 1. The van der Waals surface area contributed by atoms with Crippen molar-refractivity contribution in [1.29, 1.82) is 0 Å². The highest BCUT2D eigenvalue weighted by atomic mass is 16.7. The number of carbonyl (C=O) groups is 1. The Morgan fingerprint density at radius 2 is 1.85 bits per heavy atom. The van der Waals surface area contributed by atoms with E-state index in [0.717, 1.165) is 32.1 Å². The van der Waals surface area contributed by atoms with Crippen LogP contribution in [0, 0.1) is 34.5 Å². The van der Waals surface area contributed by atoms with Gasteiger partial charge in [0.2, 0.25) is 0 Å². The molecular formula is C23H34O4. The third-order valence-corrected chi connectivity index (χ3v) is 9.08. The predicted octanol–water partition coefficient (Wildman–Crippen LogP) is 3.87. The van der Waals surface area contributed by atoms with Crippen LogP contribution in [-0.4, -0.2) is 36.0 Å². The fourth-order valence-corrected chi connectivity index (χ4v) is 8.11. The van der Waals surface area contributed by atoms with Crippen LogP contribution in [0.15, 0.2) is 11.6 Å². The second kappa shape index (κ2) is 5.90. The van der Waals surface area contributed by atoms with Gasteiger partial charge >= 0.3 is 0 Å². The topological polar surface area (TPSA) is 55.8 Å². The summed E-state index contributed by atoms with van der Waals surface area (Å²) in [4.78, 5) is 12.7. The van der Waals surface area contributed by atoms with Gasteiger partial charge in [0.15, 0.2) is 6.29 Å². The molecular weight excluding hydrogens is 340 g/mol. The van der Waals surface area contributed by atoms with Crippen molar-refractivity contribution >= 4 is 5.78 Å². The van der Waals surface area contributed by atoms with Crippen molar-refractivity contribution in [1.82, 2.24) is 0 Å². The molecule has 3 saturated carbocycles. The molecule has 7 unspecified atom stereocenters. The van der Waals surface area contributed by atoms with Crippen molar-refractivity contribution in [2.75, 3.05) is 13.2 Å². The first-order valence-corrected chi connectivity index (χ1v) is 10.9. The minimum absolute atomic E-state index is 0.0362. The van der Waals surface area contributed by atoms with E-state index in [-0.39, 0.29) is 23.0 Å². The molecule has 5 rings (SSSR count). The lowest BCUT2D eigenvalue weighted by atomic mass is 9.43. The third kappa shape index (κ3) is 2.49. The van der Waals surface area contributed by atoms with E-state index in [2.05, 4.69) is 19.9 Å². The number of carbonyl (C=O) groups excluding carboxylic acids is 1. The summed E-state index contributed by atoms with van der Waals surface area (Å²) < 4.78 is 11.6. The maximum atomic E-state index is 12.7. The molecule has 0 radical (unpaired) electrons. The molecule has 1 aliphatic heterocycles. The number of allylic oxidation sites excluding steroid dienone is 2. The van der Waals surface area contributed by atoms with Gasteiger partial charge in [-0.15, -0.1) is 0 Å². The molecule has 0 amide bonds. The summed E-state index contributed by atoms with van der Waals surface area (Å²) in [6.07, 6.45) is 8.99. The molecule has 1 N–H and O–H groups in total. The number of hydrogen-bond donors (Lipinski definition) is 1. The van der Waals surface area contributed by atoms with Gasteiger partial charge in [-0.1, -0.05) is 25.5 Å². The Hall–Kier alpha value is -0.710. The van der Waals surface area contributed by atoms with Crippen molar-refractivity contribution in [3.8, 4) is 0 Å². The third-order valence-electron chi connectivity index (χ3n) is 9.08. The summed E-state index contributed by atoms with van der Waals surface area (Å²) in [5, 5.41) is 11.7. The summed E-state index contributed by atoms with van der Waals surface area (Å²) >= 11 is 0. The molecule has 4 heteroatoms. The monoisotopic (exact) mass is 374 g/mol. The molecule has 0 aromatic heterocycles. The molecule has 7 atom stereocenters. The Morgan fingerprint density at radius 1 is 1.11 bits per heavy atom. The molecule has 5 aliphatic rings. The van der Waals surface area contributed by atoms with Crippen molar-refractivity contribution in [2.45, 2.75) is 77.6 Å². The van der Waals surface area contributed by atoms with Crippen LogP contribution < -0.4 is 0 Å². The van der Waals surface area contributed by atoms with Crippen LogP contribution in [0.3, 0.4) is 0 Å². The lowest BCUT2D eigenvalue weighted by molar-refractivity contribution is -0.179. The standard InChI is InChI=1S/C23H34O4/c1-21-9-8-14(20-26-10-11-27-20)12-15(21)4-5-16-17-6-7-18(24)22(17,2)13-23(3,25)19(16)21/h4,14,16-17,19-20,25H,5-13H2,1-3H3. The van der Waals surface area contributed by atoms with Crippen molar-refractivity contribution < 1.29 is 19.4 Å². The fraction of sp³-hybridized carbons (Fsp3) is 0.870. The lowest BCUT2D eigenvalue weighted by Crippen LogP contribution is -2.61. The molecule has 4 fully saturated rings. The average molecular weight is 375 g/mol. The lowest BCUT2D eigenvalue weighted by Gasteiger charge is -2.62. The zero-order valence-corrected chi connectivity index (χ0v) is 17.0. The smallest absolute Gasteiger partial charge is 0.160 e. The fourth-order valence-electron chi connectivity index (χ4n) is 8.11. The minimum Gasteiger partial charge on any atom is -0.390 e. The molecule has 4 aliphatic carbocycles. The van der Waals surface area contributed by atoms with E-state index >= 15 is 0 Å². The number of ketones is 1. The summed E-state index contributed by atoms with van der Waals surface area (Å²) in [5.74, 6) is 1.93. The molecule has 0 aromatic carbocycles. The van der Waals surface area contributed by atoms with Gasteiger partial charge in [-0.2, -0.15) is 0 Å². The largest absolute Gasteiger partial charge is 0.390 e. The first kappa shape index (κ1) is 18.3. The highest BCUT2D eigenvalue weighted by molar-refractivity contribution is 5.87. The van der Waals surface area contributed by atoms with Gasteiger partial charge < -0.3 is 14.6 Å². The quantitative estimate of drug-likeness (QED) is 0.708. The van der Waals surface area contributed by atoms with Gasteiger partial charge in [0.05, 0.1) is 18.8 Å².